The number of carboxylic acids is 1. The highest BCUT2D eigenvalue weighted by Crippen LogP contribution is 2.34. The number of rotatable bonds is 11. The lowest BCUT2D eigenvalue weighted by atomic mass is 10.0. The second-order valence-electron chi connectivity index (χ2n) is 8.51. The first-order valence-electron chi connectivity index (χ1n) is 12.2. The van der Waals surface area contributed by atoms with E-state index >= 15 is 0 Å². The van der Waals surface area contributed by atoms with Crippen LogP contribution < -0.4 is 4.74 Å². The quantitative estimate of drug-likeness (QED) is 0.149. The molecule has 0 saturated carbocycles. The van der Waals surface area contributed by atoms with Crippen LogP contribution in [-0.2, 0) is 12.3 Å². The molecule has 38 heavy (non-hydrogen) atoms. The number of aromatic carboxylic acids is 1. The Kier molecular flexibility index (Phi) is 7.55. The number of para-hydroxylation sites is 1. The molecule has 0 aliphatic rings. The van der Waals surface area contributed by atoms with Gasteiger partial charge in [0.05, 0.1) is 23.6 Å². The Morgan fingerprint density at radius 2 is 1.95 bits per heavy atom. The number of nitrogens with zero attached hydrogens (tertiary/aromatic N) is 4. The van der Waals surface area contributed by atoms with Crippen LogP contribution >= 0.6 is 11.8 Å². The second kappa shape index (κ2) is 11.4. The van der Waals surface area contributed by atoms with Gasteiger partial charge in [-0.05, 0) is 55.0 Å². The van der Waals surface area contributed by atoms with Crippen molar-refractivity contribution in [3.8, 4) is 28.4 Å². The van der Waals surface area contributed by atoms with Crippen LogP contribution in [0.15, 0.2) is 89.0 Å². The third kappa shape index (κ3) is 5.33. The molecule has 0 radical (unpaired) electrons. The molecule has 5 rings (SSSR count). The van der Waals surface area contributed by atoms with Crippen LogP contribution in [0.1, 0.15) is 29.7 Å². The zero-order valence-corrected chi connectivity index (χ0v) is 21.6. The van der Waals surface area contributed by atoms with Crippen LogP contribution in [0.3, 0.4) is 0 Å². The highest BCUT2D eigenvalue weighted by Gasteiger charge is 2.19. The predicted molar refractivity (Wildman–Crippen MR) is 147 cm³/mol. The van der Waals surface area contributed by atoms with Gasteiger partial charge in [0.2, 0.25) is 5.76 Å². The summed E-state index contributed by atoms with van der Waals surface area (Å²) in [4.78, 5) is 16.0. The molecule has 9 heteroatoms. The van der Waals surface area contributed by atoms with E-state index in [0.29, 0.717) is 35.6 Å². The Balaban J connectivity index is 1.52. The van der Waals surface area contributed by atoms with Crippen molar-refractivity contribution in [2.45, 2.75) is 30.8 Å². The zero-order chi connectivity index (χ0) is 26.5. The molecule has 0 aliphatic heterocycles. The lowest BCUT2D eigenvalue weighted by Crippen LogP contribution is -2.02. The minimum Gasteiger partial charge on any atom is -0.494 e. The first-order valence-corrected chi connectivity index (χ1v) is 13.2. The summed E-state index contributed by atoms with van der Waals surface area (Å²) in [6.07, 6.45) is 2.75. The largest absolute Gasteiger partial charge is 0.494 e. The number of carboxylic acid groups (broad SMARTS) is 1. The van der Waals surface area contributed by atoms with Crippen LogP contribution in [0.5, 0.6) is 5.75 Å². The first kappa shape index (κ1) is 25.3. The third-order valence-electron chi connectivity index (χ3n) is 5.82. The van der Waals surface area contributed by atoms with Crippen molar-refractivity contribution < 1.29 is 19.1 Å². The van der Waals surface area contributed by atoms with Crippen LogP contribution in [0.25, 0.3) is 33.5 Å². The third-order valence-corrected chi connectivity index (χ3v) is 6.81. The number of pyridine rings is 1. The molecule has 1 N–H and O–H groups in total. The number of thioether (sulfide) groups is 1. The normalized spacial score (nSPS) is 11.1. The van der Waals surface area contributed by atoms with E-state index in [0.717, 1.165) is 39.9 Å². The van der Waals surface area contributed by atoms with Gasteiger partial charge in [0.25, 0.3) is 0 Å². The molecule has 3 heterocycles. The molecule has 0 aliphatic carbocycles. The van der Waals surface area contributed by atoms with Gasteiger partial charge in [-0.25, -0.2) is 9.78 Å². The van der Waals surface area contributed by atoms with Crippen molar-refractivity contribution in [1.82, 2.24) is 19.7 Å². The minimum atomic E-state index is -1.10. The Morgan fingerprint density at radius 3 is 2.68 bits per heavy atom. The summed E-state index contributed by atoms with van der Waals surface area (Å²) < 4.78 is 13.1. The Morgan fingerprint density at radius 1 is 1.13 bits per heavy atom. The molecule has 8 nitrogen and oxygen atoms in total. The lowest BCUT2D eigenvalue weighted by molar-refractivity contribution is 0.0661. The summed E-state index contributed by atoms with van der Waals surface area (Å²) in [5.74, 6) is 1.30. The van der Waals surface area contributed by atoms with Gasteiger partial charge < -0.3 is 14.3 Å². The molecule has 0 atom stereocenters. The van der Waals surface area contributed by atoms with Crippen molar-refractivity contribution >= 4 is 28.6 Å². The van der Waals surface area contributed by atoms with E-state index in [2.05, 4.69) is 23.7 Å². The smallest absolute Gasteiger partial charge is 0.371 e. The molecule has 0 spiro atoms. The molecule has 0 amide bonds. The topological polar surface area (TPSA) is 103 Å². The maximum Gasteiger partial charge on any atom is 0.371 e. The molecule has 0 bridgehead atoms. The molecule has 192 valence electrons. The molecule has 0 unspecified atom stereocenters. The number of ether oxygens (including phenoxy) is 1. The van der Waals surface area contributed by atoms with Gasteiger partial charge in [0.15, 0.2) is 11.0 Å². The molecular weight excluding hydrogens is 500 g/mol. The summed E-state index contributed by atoms with van der Waals surface area (Å²) in [5, 5.41) is 19.8. The van der Waals surface area contributed by atoms with E-state index in [1.165, 1.54) is 17.8 Å². The van der Waals surface area contributed by atoms with Gasteiger partial charge >= 0.3 is 5.97 Å². The summed E-state index contributed by atoms with van der Waals surface area (Å²) in [6.45, 7) is 7.17. The zero-order valence-electron chi connectivity index (χ0n) is 20.8. The fourth-order valence-electron chi connectivity index (χ4n) is 4.04. The number of hydrogen-bond acceptors (Lipinski definition) is 7. The maximum absolute atomic E-state index is 11.1. The van der Waals surface area contributed by atoms with Crippen molar-refractivity contribution in [3.05, 3.63) is 90.9 Å². The Hall–Kier alpha value is -4.37. The number of benzene rings is 2. The number of carbonyl (C=O) groups is 1. The number of hydrogen-bond donors (Lipinski definition) is 1. The monoisotopic (exact) mass is 526 g/mol. The molecule has 2 aromatic carbocycles. The van der Waals surface area contributed by atoms with E-state index in [4.69, 9.17) is 19.2 Å². The fraction of sp³-hybridized carbons (Fsp3) is 0.172. The lowest BCUT2D eigenvalue weighted by Gasteiger charge is -2.12. The van der Waals surface area contributed by atoms with Crippen LogP contribution in [-0.4, -0.2) is 37.4 Å². The minimum absolute atomic E-state index is 0.0883. The standard InChI is InChI=1S/C29H26N4O4S/c1-3-15-33-27(31-32-29(33)38-18-21-13-14-26(37-21)28(34)35)23-17-25(30-24-8-6-5-7-22(23)24)19-9-11-20(12-10-19)36-16-4-2/h3,5-14,17H,1,4,15-16,18H2,2H3,(H,34,35). The van der Waals surface area contributed by atoms with Gasteiger partial charge in [-0.2, -0.15) is 0 Å². The van der Waals surface area contributed by atoms with Gasteiger partial charge in [0, 0.05) is 23.1 Å². The fourth-order valence-corrected chi connectivity index (χ4v) is 4.89. The summed E-state index contributed by atoms with van der Waals surface area (Å²) >= 11 is 1.42. The predicted octanol–water partition coefficient (Wildman–Crippen LogP) is 6.72. The second-order valence-corrected chi connectivity index (χ2v) is 9.45. The molecular formula is C29H26N4O4S. The summed E-state index contributed by atoms with van der Waals surface area (Å²) in [5.41, 5.74) is 3.55. The van der Waals surface area contributed by atoms with E-state index in [1.54, 1.807) is 12.1 Å². The molecule has 0 saturated heterocycles. The van der Waals surface area contributed by atoms with Crippen LogP contribution in [0, 0.1) is 0 Å². The molecule has 5 aromatic rings. The van der Waals surface area contributed by atoms with Crippen molar-refractivity contribution in [2.75, 3.05) is 6.61 Å². The SMILES string of the molecule is C=CCn1c(SCc2ccc(C(=O)O)o2)nnc1-c1cc(-c2ccc(OCCC)cc2)nc2ccccc12. The van der Waals surface area contributed by atoms with E-state index < -0.39 is 5.97 Å². The number of furan rings is 1. The highest BCUT2D eigenvalue weighted by atomic mass is 32.2. The first-order chi connectivity index (χ1) is 18.6. The van der Waals surface area contributed by atoms with Gasteiger partial charge in [-0.1, -0.05) is 43.0 Å². The Bertz CT molecular complexity index is 1590. The molecule has 3 aromatic heterocycles. The van der Waals surface area contributed by atoms with E-state index in [-0.39, 0.29) is 5.76 Å². The van der Waals surface area contributed by atoms with E-state index in [1.807, 2.05) is 59.2 Å². The molecule has 0 fully saturated rings. The van der Waals surface area contributed by atoms with Gasteiger partial charge in [0.1, 0.15) is 11.5 Å². The Labute approximate surface area is 224 Å². The number of fused-ring (bicyclic) bond motifs is 1. The average Bonchev–Trinajstić information content (AvgIpc) is 3.58. The van der Waals surface area contributed by atoms with Crippen molar-refractivity contribution in [2.24, 2.45) is 0 Å². The number of allylic oxidation sites excluding steroid dienone is 1. The maximum atomic E-state index is 11.1. The van der Waals surface area contributed by atoms with Gasteiger partial charge in [-0.15, -0.1) is 16.8 Å². The van der Waals surface area contributed by atoms with Gasteiger partial charge in [-0.3, -0.25) is 4.57 Å². The summed E-state index contributed by atoms with van der Waals surface area (Å²) in [6, 6.07) is 21.0. The average molecular weight is 527 g/mol. The highest BCUT2D eigenvalue weighted by molar-refractivity contribution is 7.98. The number of aromatic nitrogens is 4. The van der Waals surface area contributed by atoms with E-state index in [9.17, 15) is 4.79 Å². The summed E-state index contributed by atoms with van der Waals surface area (Å²) in [7, 11) is 0. The van der Waals surface area contributed by atoms with Crippen molar-refractivity contribution in [1.29, 1.82) is 0 Å². The van der Waals surface area contributed by atoms with Crippen molar-refractivity contribution in [3.63, 3.8) is 0 Å². The van der Waals surface area contributed by atoms with Crippen LogP contribution in [0.4, 0.5) is 0 Å². The van der Waals surface area contributed by atoms with Crippen LogP contribution in [0.2, 0.25) is 0 Å².